The Balaban J connectivity index is 1.93. The third-order valence-electron chi connectivity index (χ3n) is 3.94. The summed E-state index contributed by atoms with van der Waals surface area (Å²) in [7, 11) is 1.79. The molecule has 0 saturated carbocycles. The highest BCUT2D eigenvalue weighted by molar-refractivity contribution is 5.80. The Bertz CT molecular complexity index is 569. The summed E-state index contributed by atoms with van der Waals surface area (Å²) in [6, 6.07) is 3.81. The summed E-state index contributed by atoms with van der Waals surface area (Å²) in [5.41, 5.74) is 0.471. The van der Waals surface area contributed by atoms with Gasteiger partial charge in [-0.25, -0.2) is 4.79 Å². The van der Waals surface area contributed by atoms with Crippen LogP contribution in [-0.4, -0.2) is 52.5 Å². The van der Waals surface area contributed by atoms with Crippen LogP contribution >= 0.6 is 0 Å². The molecule has 1 aliphatic rings. The lowest BCUT2D eigenvalue weighted by Crippen LogP contribution is -2.47. The topological polar surface area (TPSA) is 62.7 Å². The van der Waals surface area contributed by atoms with Crippen LogP contribution in [0.3, 0.4) is 0 Å². The van der Waals surface area contributed by atoms with Gasteiger partial charge in [0.2, 0.25) is 5.91 Å². The number of carbonyl (C=O) groups excluding carboxylic acids is 2. The van der Waals surface area contributed by atoms with Gasteiger partial charge in [-0.05, 0) is 45.2 Å². The molecule has 0 bridgehead atoms. The largest absolute Gasteiger partial charge is 0.444 e. The first-order valence-electron chi connectivity index (χ1n) is 8.38. The zero-order chi connectivity index (χ0) is 17.7. The first-order chi connectivity index (χ1) is 11.3. The molecular formula is C18H27N3O3. The van der Waals surface area contributed by atoms with Gasteiger partial charge in [0.15, 0.2) is 0 Å². The van der Waals surface area contributed by atoms with E-state index in [1.165, 1.54) is 0 Å². The predicted molar refractivity (Wildman–Crippen MR) is 91.2 cm³/mol. The zero-order valence-electron chi connectivity index (χ0n) is 15.0. The Hall–Kier alpha value is -2.11. The van der Waals surface area contributed by atoms with E-state index in [0.717, 1.165) is 18.4 Å². The number of hydrogen-bond donors (Lipinski definition) is 0. The van der Waals surface area contributed by atoms with E-state index >= 15 is 0 Å². The van der Waals surface area contributed by atoms with Crippen molar-refractivity contribution in [2.45, 2.75) is 45.8 Å². The highest BCUT2D eigenvalue weighted by Crippen LogP contribution is 2.21. The first-order valence-corrected chi connectivity index (χ1v) is 8.38. The highest BCUT2D eigenvalue weighted by Gasteiger charge is 2.32. The lowest BCUT2D eigenvalue weighted by Gasteiger charge is -2.35. The van der Waals surface area contributed by atoms with Crippen molar-refractivity contribution < 1.29 is 14.3 Å². The van der Waals surface area contributed by atoms with Gasteiger partial charge in [0.1, 0.15) is 5.60 Å². The SMILES string of the molecule is CN(Cc1cccnc1)C(=O)C1CCCN(C(=O)OC(C)(C)C)C1. The van der Waals surface area contributed by atoms with Crippen LogP contribution in [0.25, 0.3) is 0 Å². The summed E-state index contributed by atoms with van der Waals surface area (Å²) in [4.78, 5) is 32.3. The van der Waals surface area contributed by atoms with Gasteiger partial charge in [-0.1, -0.05) is 6.07 Å². The standard InChI is InChI=1S/C18H27N3O3/c1-18(2,3)24-17(23)21-10-6-8-15(13-21)16(22)20(4)12-14-7-5-9-19-11-14/h5,7,9,11,15H,6,8,10,12-13H2,1-4H3. The van der Waals surface area contributed by atoms with Gasteiger partial charge < -0.3 is 14.5 Å². The maximum absolute atomic E-state index is 12.7. The molecule has 1 atom stereocenters. The van der Waals surface area contributed by atoms with Crippen molar-refractivity contribution in [2.75, 3.05) is 20.1 Å². The first kappa shape index (κ1) is 18.2. The Kier molecular flexibility index (Phi) is 5.80. The van der Waals surface area contributed by atoms with Crippen LogP contribution < -0.4 is 0 Å². The molecule has 2 rings (SSSR count). The van der Waals surface area contributed by atoms with Gasteiger partial charge in [0, 0.05) is 39.1 Å². The predicted octanol–water partition coefficient (Wildman–Crippen LogP) is 2.69. The highest BCUT2D eigenvalue weighted by atomic mass is 16.6. The van der Waals surface area contributed by atoms with E-state index in [1.807, 2.05) is 32.9 Å². The summed E-state index contributed by atoms with van der Waals surface area (Å²) in [6.45, 7) is 7.13. The van der Waals surface area contributed by atoms with Crippen LogP contribution in [0, 0.1) is 5.92 Å². The summed E-state index contributed by atoms with van der Waals surface area (Å²) in [6.07, 6.45) is 4.75. The number of amides is 2. The molecule has 1 unspecified atom stereocenters. The minimum atomic E-state index is -0.523. The second kappa shape index (κ2) is 7.64. The van der Waals surface area contributed by atoms with E-state index in [0.29, 0.717) is 19.6 Å². The average molecular weight is 333 g/mol. The fourth-order valence-electron chi connectivity index (χ4n) is 2.83. The molecule has 0 spiro atoms. The molecule has 0 radical (unpaired) electrons. The van der Waals surface area contributed by atoms with Gasteiger partial charge in [-0.3, -0.25) is 9.78 Å². The van der Waals surface area contributed by atoms with E-state index < -0.39 is 5.60 Å². The van der Waals surface area contributed by atoms with Gasteiger partial charge in [0.25, 0.3) is 0 Å². The molecule has 1 aromatic rings. The number of rotatable bonds is 3. The van der Waals surface area contributed by atoms with Crippen LogP contribution in [0.2, 0.25) is 0 Å². The number of aromatic nitrogens is 1. The van der Waals surface area contributed by atoms with E-state index in [1.54, 1.807) is 29.2 Å². The summed E-state index contributed by atoms with van der Waals surface area (Å²) < 4.78 is 5.42. The molecule has 2 amide bonds. The van der Waals surface area contributed by atoms with Gasteiger partial charge in [0.05, 0.1) is 5.92 Å². The Morgan fingerprint density at radius 2 is 2.17 bits per heavy atom. The van der Waals surface area contributed by atoms with Crippen molar-refractivity contribution in [1.82, 2.24) is 14.8 Å². The number of ether oxygens (including phenoxy) is 1. The Morgan fingerprint density at radius 3 is 2.79 bits per heavy atom. The molecule has 0 aliphatic carbocycles. The smallest absolute Gasteiger partial charge is 0.410 e. The fraction of sp³-hybridized carbons (Fsp3) is 0.611. The lowest BCUT2D eigenvalue weighted by atomic mass is 9.97. The van der Waals surface area contributed by atoms with E-state index in [9.17, 15) is 9.59 Å². The Morgan fingerprint density at radius 1 is 1.42 bits per heavy atom. The lowest BCUT2D eigenvalue weighted by molar-refractivity contribution is -0.136. The molecule has 24 heavy (non-hydrogen) atoms. The fourth-order valence-corrected chi connectivity index (χ4v) is 2.83. The second-order valence-electron chi connectivity index (χ2n) is 7.32. The molecule has 6 nitrogen and oxygen atoms in total. The zero-order valence-corrected chi connectivity index (χ0v) is 15.0. The van der Waals surface area contributed by atoms with Gasteiger partial charge >= 0.3 is 6.09 Å². The van der Waals surface area contributed by atoms with Crippen LogP contribution in [0.4, 0.5) is 4.79 Å². The monoisotopic (exact) mass is 333 g/mol. The van der Waals surface area contributed by atoms with E-state index in [2.05, 4.69) is 4.98 Å². The third-order valence-corrected chi connectivity index (χ3v) is 3.94. The van der Waals surface area contributed by atoms with Crippen LogP contribution in [0.1, 0.15) is 39.2 Å². The van der Waals surface area contributed by atoms with Gasteiger partial charge in [-0.2, -0.15) is 0 Å². The molecule has 1 fully saturated rings. The number of pyridine rings is 1. The van der Waals surface area contributed by atoms with E-state index in [4.69, 9.17) is 4.74 Å². The van der Waals surface area contributed by atoms with Crippen molar-refractivity contribution in [1.29, 1.82) is 0 Å². The van der Waals surface area contributed by atoms with Gasteiger partial charge in [-0.15, -0.1) is 0 Å². The maximum atomic E-state index is 12.7. The number of likely N-dealkylation sites (tertiary alicyclic amines) is 1. The minimum absolute atomic E-state index is 0.0621. The number of piperidine rings is 1. The number of hydrogen-bond acceptors (Lipinski definition) is 4. The van der Waals surface area contributed by atoms with Crippen molar-refractivity contribution in [2.24, 2.45) is 5.92 Å². The molecule has 0 aromatic carbocycles. The molecule has 0 N–H and O–H groups in total. The number of carbonyl (C=O) groups is 2. The molecule has 1 aliphatic heterocycles. The summed E-state index contributed by atoms with van der Waals surface area (Å²) in [5, 5.41) is 0. The Labute approximate surface area is 143 Å². The van der Waals surface area contributed by atoms with Crippen LogP contribution in [-0.2, 0) is 16.1 Å². The normalized spacial score (nSPS) is 18.2. The van der Waals surface area contributed by atoms with Crippen molar-refractivity contribution >= 4 is 12.0 Å². The van der Waals surface area contributed by atoms with Crippen LogP contribution in [0.15, 0.2) is 24.5 Å². The molecular weight excluding hydrogens is 306 g/mol. The maximum Gasteiger partial charge on any atom is 0.410 e. The molecule has 6 heteroatoms. The minimum Gasteiger partial charge on any atom is -0.444 e. The number of nitrogens with zero attached hydrogens (tertiary/aromatic N) is 3. The average Bonchev–Trinajstić information content (AvgIpc) is 2.53. The van der Waals surface area contributed by atoms with Crippen molar-refractivity contribution in [3.63, 3.8) is 0 Å². The molecule has 1 aromatic heterocycles. The van der Waals surface area contributed by atoms with Crippen molar-refractivity contribution in [3.8, 4) is 0 Å². The quantitative estimate of drug-likeness (QED) is 0.853. The third kappa shape index (κ3) is 5.22. The van der Waals surface area contributed by atoms with Crippen LogP contribution in [0.5, 0.6) is 0 Å². The summed E-state index contributed by atoms with van der Waals surface area (Å²) >= 11 is 0. The molecule has 1 saturated heterocycles. The summed E-state index contributed by atoms with van der Waals surface area (Å²) in [5.74, 6) is -0.111. The molecule has 2 heterocycles. The van der Waals surface area contributed by atoms with Crippen molar-refractivity contribution in [3.05, 3.63) is 30.1 Å². The van der Waals surface area contributed by atoms with E-state index in [-0.39, 0.29) is 17.9 Å². The second-order valence-corrected chi connectivity index (χ2v) is 7.32. The molecule has 132 valence electrons.